The molecule has 10 heteroatoms. The maximum atomic E-state index is 12.8. The molecule has 0 spiro atoms. The van der Waals surface area contributed by atoms with Crippen LogP contribution >= 0.6 is 22.9 Å². The second-order valence-electron chi connectivity index (χ2n) is 8.18. The van der Waals surface area contributed by atoms with E-state index in [1.807, 2.05) is 42.5 Å². The molecule has 2 fully saturated rings. The minimum atomic E-state index is -0.952. The highest BCUT2D eigenvalue weighted by molar-refractivity contribution is 7.19. The number of benzene rings is 1. The van der Waals surface area contributed by atoms with Gasteiger partial charge in [-0.1, -0.05) is 28.9 Å². The van der Waals surface area contributed by atoms with Gasteiger partial charge in [0.25, 0.3) is 5.91 Å². The largest absolute Gasteiger partial charge is 0.370 e. The van der Waals surface area contributed by atoms with Crippen LogP contribution in [-0.4, -0.2) is 48.2 Å². The van der Waals surface area contributed by atoms with Crippen LogP contribution in [0.15, 0.2) is 47.0 Å². The molecule has 4 heterocycles. The molecule has 3 aromatic rings. The van der Waals surface area contributed by atoms with Crippen molar-refractivity contribution in [3.05, 3.63) is 58.1 Å². The molecule has 2 amide bonds. The number of thiophene rings is 1. The maximum absolute atomic E-state index is 12.8. The van der Waals surface area contributed by atoms with E-state index in [9.17, 15) is 9.59 Å². The van der Waals surface area contributed by atoms with E-state index >= 15 is 0 Å². The molecule has 0 aliphatic carbocycles. The average molecular weight is 487 g/mol. The number of aromatic nitrogens is 1. The van der Waals surface area contributed by atoms with Gasteiger partial charge in [-0.05, 0) is 42.7 Å². The lowest BCUT2D eigenvalue weighted by Crippen LogP contribution is -2.50. The van der Waals surface area contributed by atoms with Crippen molar-refractivity contribution in [1.29, 1.82) is 0 Å². The second kappa shape index (κ2) is 8.90. The van der Waals surface area contributed by atoms with E-state index in [4.69, 9.17) is 26.6 Å². The average Bonchev–Trinajstić information content (AvgIpc) is 3.55. The van der Waals surface area contributed by atoms with Gasteiger partial charge in [-0.2, -0.15) is 0 Å². The Labute approximate surface area is 199 Å². The number of nitrogens with two attached hydrogens (primary N) is 1. The third kappa shape index (κ3) is 4.06. The number of halogens is 1. The van der Waals surface area contributed by atoms with Crippen LogP contribution in [0.3, 0.4) is 0 Å². The third-order valence-corrected chi connectivity index (χ3v) is 7.54. The Balaban J connectivity index is 1.40. The van der Waals surface area contributed by atoms with E-state index < -0.39 is 11.4 Å². The van der Waals surface area contributed by atoms with Gasteiger partial charge in [0.1, 0.15) is 17.8 Å². The summed E-state index contributed by atoms with van der Waals surface area (Å²) in [6.07, 6.45) is 1.44. The zero-order valence-corrected chi connectivity index (χ0v) is 19.4. The lowest BCUT2D eigenvalue weighted by atomic mass is 9.86. The molecule has 172 valence electrons. The van der Waals surface area contributed by atoms with Gasteiger partial charge in [0.15, 0.2) is 5.76 Å². The van der Waals surface area contributed by atoms with Gasteiger partial charge in [0, 0.05) is 24.8 Å². The van der Waals surface area contributed by atoms with Gasteiger partial charge in [0.05, 0.1) is 22.4 Å². The molecule has 1 atom stereocenters. The summed E-state index contributed by atoms with van der Waals surface area (Å²) in [5.74, 6) is 0.173. The lowest BCUT2D eigenvalue weighted by Gasteiger charge is -2.36. The van der Waals surface area contributed by atoms with Crippen LogP contribution in [0.4, 0.5) is 5.69 Å². The van der Waals surface area contributed by atoms with Gasteiger partial charge in [-0.25, -0.2) is 0 Å². The minimum absolute atomic E-state index is 0.0748. The molecule has 2 N–H and O–H groups in total. The number of carbonyl (C=O) groups is 2. The van der Waals surface area contributed by atoms with Crippen LogP contribution < -0.4 is 10.6 Å². The first-order valence-corrected chi connectivity index (χ1v) is 11.9. The molecule has 2 saturated heterocycles. The van der Waals surface area contributed by atoms with Crippen LogP contribution in [0.25, 0.3) is 10.6 Å². The molecule has 1 aromatic carbocycles. The predicted molar refractivity (Wildman–Crippen MR) is 125 cm³/mol. The Morgan fingerprint density at radius 3 is 2.73 bits per heavy atom. The van der Waals surface area contributed by atoms with Crippen molar-refractivity contribution in [1.82, 2.24) is 10.1 Å². The molecule has 5 rings (SSSR count). The Bertz CT molecular complexity index is 1180. The molecule has 2 aliphatic rings. The van der Waals surface area contributed by atoms with E-state index in [1.165, 1.54) is 11.3 Å². The Morgan fingerprint density at radius 2 is 2.03 bits per heavy atom. The summed E-state index contributed by atoms with van der Waals surface area (Å²) in [6, 6.07) is 13.1. The Kier molecular flexibility index (Phi) is 5.96. The number of amides is 2. The predicted octanol–water partition coefficient (Wildman–Crippen LogP) is 3.40. The molecular formula is C23H23ClN4O4S. The zero-order chi connectivity index (χ0) is 23.0. The normalized spacial score (nSPS) is 21.6. The van der Waals surface area contributed by atoms with Crippen LogP contribution in [0.1, 0.15) is 24.2 Å². The molecule has 1 unspecified atom stereocenters. The first-order chi connectivity index (χ1) is 16.0. The number of rotatable bonds is 6. The van der Waals surface area contributed by atoms with Gasteiger partial charge in [-0.15, -0.1) is 11.3 Å². The van der Waals surface area contributed by atoms with Crippen molar-refractivity contribution in [2.45, 2.75) is 24.9 Å². The van der Waals surface area contributed by atoms with Crippen molar-refractivity contribution in [3.63, 3.8) is 0 Å². The third-order valence-electron chi connectivity index (χ3n) is 6.29. The van der Waals surface area contributed by atoms with Crippen LogP contribution in [0, 0.1) is 0 Å². The molecule has 2 aliphatic heterocycles. The summed E-state index contributed by atoms with van der Waals surface area (Å²) < 4.78 is 11.5. The lowest BCUT2D eigenvalue weighted by molar-refractivity contribution is -0.129. The van der Waals surface area contributed by atoms with Crippen molar-refractivity contribution in [2.75, 3.05) is 31.2 Å². The second-order valence-corrected chi connectivity index (χ2v) is 9.89. The molecule has 33 heavy (non-hydrogen) atoms. The quantitative estimate of drug-likeness (QED) is 0.573. The SMILES string of the molecule is NC(=O)C1(c2ccc(N3CCOCC3=O)cc2)CCCN1Cc1cc(-c2ccc(Cl)s2)no1. The fraction of sp³-hybridized carbons (Fsp3) is 0.348. The van der Waals surface area contributed by atoms with Crippen molar-refractivity contribution < 1.29 is 18.8 Å². The molecule has 0 bridgehead atoms. The summed E-state index contributed by atoms with van der Waals surface area (Å²) >= 11 is 7.47. The number of hydrogen-bond acceptors (Lipinski definition) is 7. The highest BCUT2D eigenvalue weighted by Gasteiger charge is 2.48. The highest BCUT2D eigenvalue weighted by atomic mass is 35.5. The number of primary amides is 1. The number of nitrogens with zero attached hydrogens (tertiary/aromatic N) is 3. The summed E-state index contributed by atoms with van der Waals surface area (Å²) in [7, 11) is 0. The van der Waals surface area contributed by atoms with Gasteiger partial charge >= 0.3 is 0 Å². The van der Waals surface area contributed by atoms with E-state index in [0.29, 0.717) is 48.5 Å². The fourth-order valence-electron chi connectivity index (χ4n) is 4.69. The highest BCUT2D eigenvalue weighted by Crippen LogP contribution is 2.41. The van der Waals surface area contributed by atoms with E-state index in [2.05, 4.69) is 10.1 Å². The standard InChI is InChI=1S/C23H23ClN4O4S/c24-20-7-6-19(33-20)18-12-17(32-26-18)13-27-9-1-8-23(27,22(25)30)15-2-4-16(5-3-15)28-10-11-31-14-21(28)29/h2-7,12H,1,8-11,13-14H2,(H2,25,30). The van der Waals surface area contributed by atoms with Gasteiger partial charge in [0.2, 0.25) is 5.91 Å². The molecule has 8 nitrogen and oxygen atoms in total. The number of anilines is 1. The van der Waals surface area contributed by atoms with Crippen molar-refractivity contribution in [2.24, 2.45) is 5.73 Å². The first-order valence-electron chi connectivity index (χ1n) is 10.7. The zero-order valence-electron chi connectivity index (χ0n) is 17.8. The van der Waals surface area contributed by atoms with E-state index in [0.717, 1.165) is 22.5 Å². The van der Waals surface area contributed by atoms with Gasteiger partial charge in [-0.3, -0.25) is 14.5 Å². The monoisotopic (exact) mass is 486 g/mol. The topological polar surface area (TPSA) is 102 Å². The maximum Gasteiger partial charge on any atom is 0.253 e. The number of morpholine rings is 1. The van der Waals surface area contributed by atoms with E-state index in [-0.39, 0.29) is 12.5 Å². The summed E-state index contributed by atoms with van der Waals surface area (Å²) in [4.78, 5) is 29.7. The van der Waals surface area contributed by atoms with Crippen molar-refractivity contribution in [3.8, 4) is 10.6 Å². The van der Waals surface area contributed by atoms with E-state index in [1.54, 1.807) is 4.90 Å². The molecule has 0 radical (unpaired) electrons. The molecule has 0 saturated carbocycles. The van der Waals surface area contributed by atoms with Crippen LogP contribution in [0.2, 0.25) is 4.34 Å². The van der Waals surface area contributed by atoms with Crippen LogP contribution in [-0.2, 0) is 26.4 Å². The summed E-state index contributed by atoms with van der Waals surface area (Å²) in [5.41, 5.74) is 7.34. The number of carbonyl (C=O) groups excluding carboxylic acids is 2. The van der Waals surface area contributed by atoms with Crippen LogP contribution in [0.5, 0.6) is 0 Å². The Morgan fingerprint density at radius 1 is 1.21 bits per heavy atom. The summed E-state index contributed by atoms with van der Waals surface area (Å²) in [5, 5.41) is 4.16. The Hall–Kier alpha value is -2.72. The minimum Gasteiger partial charge on any atom is -0.370 e. The first kappa shape index (κ1) is 22.1. The number of hydrogen-bond donors (Lipinski definition) is 1. The summed E-state index contributed by atoms with van der Waals surface area (Å²) in [6.45, 7) is 2.20. The number of likely N-dealkylation sites (tertiary alicyclic amines) is 1. The fourth-order valence-corrected chi connectivity index (χ4v) is 5.68. The van der Waals surface area contributed by atoms with Crippen molar-refractivity contribution >= 4 is 40.4 Å². The molecular weight excluding hydrogens is 464 g/mol. The van der Waals surface area contributed by atoms with Gasteiger partial charge < -0.3 is 19.9 Å². The number of ether oxygens (including phenoxy) is 1. The molecule has 2 aromatic heterocycles. The smallest absolute Gasteiger partial charge is 0.253 e.